The summed E-state index contributed by atoms with van der Waals surface area (Å²) in [7, 11) is 0. The molecule has 0 aliphatic carbocycles. The van der Waals surface area contributed by atoms with Crippen LogP contribution < -0.4 is 0 Å². The van der Waals surface area contributed by atoms with E-state index < -0.39 is 0 Å². The highest BCUT2D eigenvalue weighted by Crippen LogP contribution is 2.40. The Morgan fingerprint density at radius 1 is 0.609 bits per heavy atom. The lowest BCUT2D eigenvalue weighted by Crippen LogP contribution is -1.81. The summed E-state index contributed by atoms with van der Waals surface area (Å²) >= 11 is 0. The number of hydrogen-bond donors (Lipinski definition) is 0. The lowest BCUT2D eigenvalue weighted by Gasteiger charge is -2.06. The van der Waals surface area contributed by atoms with Crippen molar-refractivity contribution < 1.29 is 4.42 Å². The molecule has 1 nitrogen and oxygen atoms in total. The molecule has 0 aliphatic heterocycles. The van der Waals surface area contributed by atoms with Crippen molar-refractivity contribution in [2.75, 3.05) is 0 Å². The summed E-state index contributed by atoms with van der Waals surface area (Å²) < 4.78 is 6.25. The minimum absolute atomic E-state index is 0.941. The van der Waals surface area contributed by atoms with Crippen LogP contribution in [0.15, 0.2) is 89.3 Å². The van der Waals surface area contributed by atoms with Gasteiger partial charge >= 0.3 is 0 Å². The van der Waals surface area contributed by atoms with Gasteiger partial charge in [0.2, 0.25) is 0 Å². The summed E-state index contributed by atoms with van der Waals surface area (Å²) in [5.41, 5.74) is 4.24. The summed E-state index contributed by atoms with van der Waals surface area (Å²) in [6.07, 6.45) is 0. The average Bonchev–Trinajstić information content (AvgIpc) is 3.01. The fraction of sp³-hybridized carbons (Fsp3) is 0. The van der Waals surface area contributed by atoms with Gasteiger partial charge in [-0.2, -0.15) is 0 Å². The second kappa shape index (κ2) is 4.72. The number of benzene rings is 4. The Balaban J connectivity index is 2.05. The molecule has 0 radical (unpaired) electrons. The first-order valence-electron chi connectivity index (χ1n) is 7.80. The molecule has 0 bridgehead atoms. The van der Waals surface area contributed by atoms with Crippen LogP contribution in [-0.2, 0) is 0 Å². The molecule has 0 fully saturated rings. The molecule has 4 aromatic carbocycles. The van der Waals surface area contributed by atoms with Crippen molar-refractivity contribution >= 4 is 32.7 Å². The number of hydrogen-bond acceptors (Lipinski definition) is 1. The number of fused-ring (bicyclic) bond motifs is 5. The number of furan rings is 1. The van der Waals surface area contributed by atoms with Crippen LogP contribution in [0.3, 0.4) is 0 Å². The SMILES string of the molecule is c1ccc(-c2cc3ccccc3c3c2oc2ccccc23)cc1. The van der Waals surface area contributed by atoms with Gasteiger partial charge in [0.1, 0.15) is 11.2 Å². The molecule has 0 saturated carbocycles. The predicted molar refractivity (Wildman–Crippen MR) is 96.7 cm³/mol. The molecule has 108 valence electrons. The molecule has 0 amide bonds. The van der Waals surface area contributed by atoms with Gasteiger partial charge in [-0.05, 0) is 28.5 Å². The molecule has 1 heteroatoms. The standard InChI is InChI=1S/C22H14O/c1-2-8-15(9-3-1)19-14-16-10-4-5-11-17(16)21-18-12-6-7-13-20(18)23-22(19)21/h1-14H. The third kappa shape index (κ3) is 1.80. The predicted octanol–water partition coefficient (Wildman–Crippen LogP) is 6.41. The summed E-state index contributed by atoms with van der Waals surface area (Å²) in [4.78, 5) is 0. The van der Waals surface area contributed by atoms with E-state index in [0.717, 1.165) is 16.7 Å². The topological polar surface area (TPSA) is 13.1 Å². The van der Waals surface area contributed by atoms with Gasteiger partial charge in [0.15, 0.2) is 0 Å². The summed E-state index contributed by atoms with van der Waals surface area (Å²) in [6.45, 7) is 0. The molecule has 1 heterocycles. The van der Waals surface area contributed by atoms with Crippen LogP contribution in [0.25, 0.3) is 43.8 Å². The first-order valence-corrected chi connectivity index (χ1v) is 7.80. The maximum atomic E-state index is 6.25. The molecule has 5 aromatic rings. The smallest absolute Gasteiger partial charge is 0.143 e. The van der Waals surface area contributed by atoms with Crippen molar-refractivity contribution in [2.24, 2.45) is 0 Å². The summed E-state index contributed by atoms with van der Waals surface area (Å²) in [6, 6.07) is 29.5. The van der Waals surface area contributed by atoms with Crippen molar-refractivity contribution in [3.8, 4) is 11.1 Å². The van der Waals surface area contributed by atoms with Crippen molar-refractivity contribution in [1.82, 2.24) is 0 Å². The fourth-order valence-electron chi connectivity index (χ4n) is 3.41. The van der Waals surface area contributed by atoms with Crippen molar-refractivity contribution in [3.63, 3.8) is 0 Å². The minimum Gasteiger partial charge on any atom is -0.455 e. The van der Waals surface area contributed by atoms with Gasteiger partial charge in [0, 0.05) is 16.3 Å². The number of rotatable bonds is 1. The highest BCUT2D eigenvalue weighted by atomic mass is 16.3. The van der Waals surface area contributed by atoms with Gasteiger partial charge in [-0.25, -0.2) is 0 Å². The molecule has 0 N–H and O–H groups in total. The highest BCUT2D eigenvalue weighted by Gasteiger charge is 2.15. The fourth-order valence-corrected chi connectivity index (χ4v) is 3.41. The zero-order chi connectivity index (χ0) is 15.2. The van der Waals surface area contributed by atoms with Gasteiger partial charge in [0.25, 0.3) is 0 Å². The molecule has 0 atom stereocenters. The Bertz CT molecular complexity index is 1150. The van der Waals surface area contributed by atoms with E-state index in [1.165, 1.54) is 27.1 Å². The lowest BCUT2D eigenvalue weighted by atomic mass is 9.96. The third-order valence-corrected chi connectivity index (χ3v) is 4.45. The first-order chi connectivity index (χ1) is 11.4. The Labute approximate surface area is 133 Å². The minimum atomic E-state index is 0.941. The summed E-state index contributed by atoms with van der Waals surface area (Å²) in [5.74, 6) is 0. The van der Waals surface area contributed by atoms with E-state index in [4.69, 9.17) is 4.42 Å². The monoisotopic (exact) mass is 294 g/mol. The van der Waals surface area contributed by atoms with Crippen LogP contribution in [0.4, 0.5) is 0 Å². The molecular formula is C22H14O. The van der Waals surface area contributed by atoms with Crippen LogP contribution in [-0.4, -0.2) is 0 Å². The first kappa shape index (κ1) is 12.5. The van der Waals surface area contributed by atoms with E-state index in [9.17, 15) is 0 Å². The normalized spacial score (nSPS) is 11.5. The van der Waals surface area contributed by atoms with Gasteiger partial charge in [0.05, 0.1) is 0 Å². The van der Waals surface area contributed by atoms with Gasteiger partial charge in [-0.3, -0.25) is 0 Å². The van der Waals surface area contributed by atoms with Gasteiger partial charge < -0.3 is 4.42 Å². The molecule has 1 aromatic heterocycles. The second-order valence-corrected chi connectivity index (χ2v) is 5.81. The highest BCUT2D eigenvalue weighted by molar-refractivity contribution is 6.22. The lowest BCUT2D eigenvalue weighted by molar-refractivity contribution is 0.670. The third-order valence-electron chi connectivity index (χ3n) is 4.45. The van der Waals surface area contributed by atoms with Crippen molar-refractivity contribution in [1.29, 1.82) is 0 Å². The van der Waals surface area contributed by atoms with Crippen LogP contribution in [0.1, 0.15) is 0 Å². The second-order valence-electron chi connectivity index (χ2n) is 5.81. The van der Waals surface area contributed by atoms with Crippen LogP contribution in [0, 0.1) is 0 Å². The maximum absolute atomic E-state index is 6.25. The summed E-state index contributed by atoms with van der Waals surface area (Å²) in [5, 5.41) is 4.87. The van der Waals surface area contributed by atoms with Crippen molar-refractivity contribution in [3.05, 3.63) is 84.9 Å². The molecule has 0 unspecified atom stereocenters. The van der Waals surface area contributed by atoms with Gasteiger partial charge in [-0.15, -0.1) is 0 Å². The average molecular weight is 294 g/mol. The zero-order valence-electron chi connectivity index (χ0n) is 12.5. The molecule has 0 aliphatic rings. The molecular weight excluding hydrogens is 280 g/mol. The number of para-hydroxylation sites is 1. The Morgan fingerprint density at radius 2 is 1.30 bits per heavy atom. The van der Waals surface area contributed by atoms with E-state index in [0.29, 0.717) is 0 Å². The molecule has 5 rings (SSSR count). The van der Waals surface area contributed by atoms with Gasteiger partial charge in [-0.1, -0.05) is 72.8 Å². The molecule has 0 spiro atoms. The van der Waals surface area contributed by atoms with E-state index >= 15 is 0 Å². The maximum Gasteiger partial charge on any atom is 0.143 e. The molecule has 23 heavy (non-hydrogen) atoms. The largest absolute Gasteiger partial charge is 0.455 e. The van der Waals surface area contributed by atoms with E-state index in [1.807, 2.05) is 18.2 Å². The van der Waals surface area contributed by atoms with E-state index in [-0.39, 0.29) is 0 Å². The zero-order valence-corrected chi connectivity index (χ0v) is 12.5. The van der Waals surface area contributed by atoms with E-state index in [1.54, 1.807) is 0 Å². The van der Waals surface area contributed by atoms with Crippen LogP contribution in [0.2, 0.25) is 0 Å². The Morgan fingerprint density at radius 3 is 2.17 bits per heavy atom. The Hall–Kier alpha value is -3.06. The molecule has 0 saturated heterocycles. The Kier molecular flexibility index (Phi) is 2.56. The van der Waals surface area contributed by atoms with Crippen LogP contribution >= 0.6 is 0 Å². The van der Waals surface area contributed by atoms with Crippen molar-refractivity contribution in [2.45, 2.75) is 0 Å². The van der Waals surface area contributed by atoms with Crippen LogP contribution in [0.5, 0.6) is 0 Å². The van der Waals surface area contributed by atoms with E-state index in [2.05, 4.69) is 66.7 Å². The quantitative estimate of drug-likeness (QED) is 0.348.